The fourth-order valence-corrected chi connectivity index (χ4v) is 2.51. The molecule has 0 unspecified atom stereocenters. The topological polar surface area (TPSA) is 55.6 Å². The van der Waals surface area contributed by atoms with Gasteiger partial charge in [-0.05, 0) is 18.6 Å². The Labute approximate surface area is 114 Å². The number of nitro groups is 1. The van der Waals surface area contributed by atoms with Gasteiger partial charge in [-0.3, -0.25) is 10.1 Å². The van der Waals surface area contributed by atoms with Crippen molar-refractivity contribution in [1.29, 1.82) is 0 Å². The summed E-state index contributed by atoms with van der Waals surface area (Å²) in [4.78, 5) is 12.7. The summed E-state index contributed by atoms with van der Waals surface area (Å²) < 4.78 is 5.41. The lowest BCUT2D eigenvalue weighted by molar-refractivity contribution is -0.385. The van der Waals surface area contributed by atoms with Gasteiger partial charge in [0.05, 0.1) is 11.5 Å². The van der Waals surface area contributed by atoms with Gasteiger partial charge in [0, 0.05) is 42.3 Å². The van der Waals surface area contributed by atoms with Gasteiger partial charge >= 0.3 is 0 Å². The summed E-state index contributed by atoms with van der Waals surface area (Å²) in [5.41, 5.74) is 1.91. The molecule has 1 heterocycles. The molecule has 2 rings (SSSR count). The van der Waals surface area contributed by atoms with Crippen molar-refractivity contribution in [1.82, 2.24) is 0 Å². The molecule has 1 aliphatic heterocycles. The molecule has 5 nitrogen and oxygen atoms in total. The molecule has 1 fully saturated rings. The largest absolute Gasteiger partial charge is 0.380 e. The molecular formula is C12H15BrN2O3. The molecule has 1 aromatic rings. The Bertz CT molecular complexity index is 431. The molecule has 0 amide bonds. The van der Waals surface area contributed by atoms with Crippen molar-refractivity contribution in [2.45, 2.75) is 11.8 Å². The number of alkyl halides is 1. The van der Waals surface area contributed by atoms with Crippen LogP contribution in [0.15, 0.2) is 18.2 Å². The molecule has 98 valence electrons. The van der Waals surface area contributed by atoms with Crippen molar-refractivity contribution in [3.05, 3.63) is 33.9 Å². The van der Waals surface area contributed by atoms with E-state index >= 15 is 0 Å². The van der Waals surface area contributed by atoms with Gasteiger partial charge in [0.1, 0.15) is 0 Å². The fourth-order valence-electron chi connectivity index (χ4n) is 2.06. The third-order valence-corrected chi connectivity index (χ3v) is 3.60. The highest BCUT2D eigenvalue weighted by atomic mass is 79.9. The quantitative estimate of drug-likeness (QED) is 0.489. The predicted molar refractivity (Wildman–Crippen MR) is 73.4 cm³/mol. The van der Waals surface area contributed by atoms with Crippen LogP contribution in [0.1, 0.15) is 12.0 Å². The van der Waals surface area contributed by atoms with Crippen molar-refractivity contribution < 1.29 is 9.66 Å². The Morgan fingerprint density at radius 2 is 2.22 bits per heavy atom. The zero-order chi connectivity index (χ0) is 13.0. The van der Waals surface area contributed by atoms with E-state index in [-0.39, 0.29) is 10.6 Å². The van der Waals surface area contributed by atoms with Crippen LogP contribution in [0.5, 0.6) is 0 Å². The zero-order valence-electron chi connectivity index (χ0n) is 9.97. The van der Waals surface area contributed by atoms with Gasteiger partial charge in [-0.25, -0.2) is 0 Å². The van der Waals surface area contributed by atoms with E-state index in [2.05, 4.69) is 20.8 Å². The van der Waals surface area contributed by atoms with Crippen molar-refractivity contribution in [3.63, 3.8) is 0 Å². The summed E-state index contributed by atoms with van der Waals surface area (Å²) in [5, 5.41) is 11.4. The minimum absolute atomic E-state index is 0.168. The Morgan fingerprint density at radius 1 is 1.39 bits per heavy atom. The summed E-state index contributed by atoms with van der Waals surface area (Å²) >= 11 is 3.30. The number of benzene rings is 1. The fraction of sp³-hybridized carbons (Fsp3) is 0.500. The first-order valence-corrected chi connectivity index (χ1v) is 7.00. The number of rotatable bonds is 3. The lowest BCUT2D eigenvalue weighted by Gasteiger charge is -2.22. The SMILES string of the molecule is O=[N+]([O-])c1ccc(N2CCCOCC2)cc1CBr. The number of nitrogens with zero attached hydrogens (tertiary/aromatic N) is 2. The van der Waals surface area contributed by atoms with E-state index in [0.717, 1.165) is 31.8 Å². The van der Waals surface area contributed by atoms with Crippen LogP contribution in [0.2, 0.25) is 0 Å². The van der Waals surface area contributed by atoms with E-state index < -0.39 is 0 Å². The van der Waals surface area contributed by atoms with Gasteiger partial charge in [0.15, 0.2) is 0 Å². The second-order valence-electron chi connectivity index (χ2n) is 4.16. The summed E-state index contributed by atoms with van der Waals surface area (Å²) in [6.07, 6.45) is 0.987. The highest BCUT2D eigenvalue weighted by Gasteiger charge is 2.16. The maximum Gasteiger partial charge on any atom is 0.273 e. The Balaban J connectivity index is 2.25. The molecule has 0 bridgehead atoms. The Hall–Kier alpha value is -1.14. The maximum atomic E-state index is 10.9. The van der Waals surface area contributed by atoms with Crippen LogP contribution in [0.25, 0.3) is 0 Å². The van der Waals surface area contributed by atoms with Gasteiger partial charge in [0.2, 0.25) is 0 Å². The maximum absolute atomic E-state index is 10.9. The first-order valence-electron chi connectivity index (χ1n) is 5.88. The number of hydrogen-bond donors (Lipinski definition) is 0. The molecule has 0 spiro atoms. The van der Waals surface area contributed by atoms with Crippen LogP contribution in [0.4, 0.5) is 11.4 Å². The molecule has 6 heteroatoms. The molecule has 1 aromatic carbocycles. The first kappa shape index (κ1) is 13.3. The van der Waals surface area contributed by atoms with E-state index in [0.29, 0.717) is 17.5 Å². The van der Waals surface area contributed by atoms with Crippen LogP contribution in [0, 0.1) is 10.1 Å². The lowest BCUT2D eigenvalue weighted by atomic mass is 10.1. The van der Waals surface area contributed by atoms with Gasteiger partial charge < -0.3 is 9.64 Å². The summed E-state index contributed by atoms with van der Waals surface area (Å²) in [6.45, 7) is 3.26. The smallest absolute Gasteiger partial charge is 0.273 e. The van der Waals surface area contributed by atoms with E-state index in [9.17, 15) is 10.1 Å². The van der Waals surface area contributed by atoms with E-state index in [4.69, 9.17) is 4.74 Å². The van der Waals surface area contributed by atoms with Crippen LogP contribution in [-0.2, 0) is 10.1 Å². The number of halogens is 1. The van der Waals surface area contributed by atoms with Crippen molar-refractivity contribution in [2.75, 3.05) is 31.2 Å². The molecule has 18 heavy (non-hydrogen) atoms. The van der Waals surface area contributed by atoms with Gasteiger partial charge in [-0.15, -0.1) is 0 Å². The monoisotopic (exact) mass is 314 g/mol. The third kappa shape index (κ3) is 3.00. The second kappa shape index (κ2) is 6.15. The third-order valence-electron chi connectivity index (χ3n) is 2.99. The van der Waals surface area contributed by atoms with Gasteiger partial charge in [-0.1, -0.05) is 15.9 Å². The van der Waals surface area contributed by atoms with Gasteiger partial charge in [-0.2, -0.15) is 0 Å². The second-order valence-corrected chi connectivity index (χ2v) is 4.72. The molecule has 1 saturated heterocycles. The summed E-state index contributed by atoms with van der Waals surface area (Å²) in [6, 6.07) is 5.28. The Kier molecular flexibility index (Phi) is 4.54. The van der Waals surface area contributed by atoms with Crippen molar-refractivity contribution in [2.24, 2.45) is 0 Å². The zero-order valence-corrected chi connectivity index (χ0v) is 11.6. The number of hydrogen-bond acceptors (Lipinski definition) is 4. The van der Waals surface area contributed by atoms with E-state index in [1.165, 1.54) is 0 Å². The Morgan fingerprint density at radius 3 is 2.94 bits per heavy atom. The highest BCUT2D eigenvalue weighted by Crippen LogP contribution is 2.27. The standard InChI is InChI=1S/C12H15BrN2O3/c13-9-10-8-11(2-3-12(10)15(16)17)14-4-1-6-18-7-5-14/h2-3,8H,1,4-7,9H2. The molecule has 1 aliphatic rings. The molecule has 0 aromatic heterocycles. The molecule has 0 N–H and O–H groups in total. The van der Waals surface area contributed by atoms with Crippen LogP contribution in [-0.4, -0.2) is 31.2 Å². The summed E-state index contributed by atoms with van der Waals surface area (Å²) in [5.74, 6) is 0. The minimum Gasteiger partial charge on any atom is -0.380 e. The summed E-state index contributed by atoms with van der Waals surface area (Å²) in [7, 11) is 0. The minimum atomic E-state index is -0.341. The average molecular weight is 315 g/mol. The average Bonchev–Trinajstić information content (AvgIpc) is 2.66. The van der Waals surface area contributed by atoms with E-state index in [1.54, 1.807) is 6.07 Å². The van der Waals surface area contributed by atoms with Gasteiger partial charge in [0.25, 0.3) is 5.69 Å². The molecule has 0 aliphatic carbocycles. The van der Waals surface area contributed by atoms with Crippen LogP contribution >= 0.6 is 15.9 Å². The number of anilines is 1. The number of nitro benzene ring substituents is 1. The lowest BCUT2D eigenvalue weighted by Crippen LogP contribution is -2.25. The van der Waals surface area contributed by atoms with Crippen LogP contribution < -0.4 is 4.90 Å². The predicted octanol–water partition coefficient (Wildman–Crippen LogP) is 2.72. The van der Waals surface area contributed by atoms with Crippen molar-refractivity contribution in [3.8, 4) is 0 Å². The normalized spacial score (nSPS) is 16.4. The molecule has 0 radical (unpaired) electrons. The molecular weight excluding hydrogens is 300 g/mol. The highest BCUT2D eigenvalue weighted by molar-refractivity contribution is 9.08. The van der Waals surface area contributed by atoms with E-state index in [1.807, 2.05) is 12.1 Å². The molecule has 0 atom stereocenters. The van der Waals surface area contributed by atoms with Crippen LogP contribution in [0.3, 0.4) is 0 Å². The number of ether oxygens (including phenoxy) is 1. The molecule has 0 saturated carbocycles. The first-order chi connectivity index (χ1) is 8.72. The van der Waals surface area contributed by atoms with Crippen molar-refractivity contribution >= 4 is 27.3 Å².